The van der Waals surface area contributed by atoms with Gasteiger partial charge in [0.05, 0.1) is 5.92 Å². The lowest BCUT2D eigenvalue weighted by Crippen LogP contribution is -2.48. The van der Waals surface area contributed by atoms with Gasteiger partial charge in [-0.05, 0) is 39.3 Å². The Morgan fingerprint density at radius 3 is 2.28 bits per heavy atom. The van der Waals surface area contributed by atoms with Crippen LogP contribution >= 0.6 is 0 Å². The number of aliphatic carboxylic acids is 1. The highest BCUT2D eigenvalue weighted by Crippen LogP contribution is 2.34. The van der Waals surface area contributed by atoms with Crippen molar-refractivity contribution in [1.29, 1.82) is 0 Å². The molecule has 0 spiro atoms. The van der Waals surface area contributed by atoms with Crippen LogP contribution in [0.1, 0.15) is 26.2 Å². The van der Waals surface area contributed by atoms with E-state index in [9.17, 15) is 18.0 Å². The number of halogens is 3. The van der Waals surface area contributed by atoms with E-state index in [4.69, 9.17) is 10.8 Å². The van der Waals surface area contributed by atoms with Gasteiger partial charge in [0.2, 0.25) is 0 Å². The third kappa shape index (κ3) is 4.13. The Morgan fingerprint density at radius 2 is 1.89 bits per heavy atom. The van der Waals surface area contributed by atoms with E-state index in [-0.39, 0.29) is 19.3 Å². The minimum Gasteiger partial charge on any atom is -0.480 e. The summed E-state index contributed by atoms with van der Waals surface area (Å²) in [4.78, 5) is 12.6. The Labute approximate surface area is 104 Å². The van der Waals surface area contributed by atoms with E-state index in [2.05, 4.69) is 0 Å². The molecule has 1 fully saturated rings. The van der Waals surface area contributed by atoms with E-state index in [1.54, 1.807) is 0 Å². The molecule has 0 aliphatic carbocycles. The molecule has 3 N–H and O–H groups in total. The molecule has 1 aliphatic heterocycles. The van der Waals surface area contributed by atoms with Crippen molar-refractivity contribution in [2.45, 2.75) is 37.9 Å². The van der Waals surface area contributed by atoms with Crippen molar-refractivity contribution >= 4 is 5.97 Å². The van der Waals surface area contributed by atoms with Crippen molar-refractivity contribution in [3.05, 3.63) is 0 Å². The van der Waals surface area contributed by atoms with Crippen molar-refractivity contribution in [2.24, 2.45) is 11.7 Å². The first-order valence-corrected chi connectivity index (χ1v) is 5.94. The number of rotatable bonds is 4. The van der Waals surface area contributed by atoms with Gasteiger partial charge in [0, 0.05) is 6.54 Å². The van der Waals surface area contributed by atoms with E-state index in [1.807, 2.05) is 4.90 Å². The van der Waals surface area contributed by atoms with Crippen LogP contribution in [-0.2, 0) is 4.79 Å². The van der Waals surface area contributed by atoms with Gasteiger partial charge < -0.3 is 15.7 Å². The average Bonchev–Trinajstić information content (AvgIpc) is 2.25. The summed E-state index contributed by atoms with van der Waals surface area (Å²) in [7, 11) is 0. The maximum absolute atomic E-state index is 12.4. The van der Waals surface area contributed by atoms with Crippen molar-refractivity contribution in [1.82, 2.24) is 4.90 Å². The Morgan fingerprint density at radius 1 is 1.39 bits per heavy atom. The van der Waals surface area contributed by atoms with Crippen LogP contribution < -0.4 is 5.73 Å². The molecule has 0 saturated carbocycles. The second kappa shape index (κ2) is 5.44. The molecule has 4 nitrogen and oxygen atoms in total. The molecule has 1 atom stereocenters. The predicted octanol–water partition coefficient (Wildman–Crippen LogP) is 1.45. The van der Waals surface area contributed by atoms with Crippen LogP contribution in [0.25, 0.3) is 0 Å². The molecule has 1 heterocycles. The van der Waals surface area contributed by atoms with Crippen LogP contribution in [0.3, 0.4) is 0 Å². The molecule has 0 aromatic heterocycles. The fourth-order valence-electron chi connectivity index (χ4n) is 1.98. The summed E-state index contributed by atoms with van der Waals surface area (Å²) in [6.07, 6.45) is -3.72. The highest BCUT2D eigenvalue weighted by atomic mass is 19.4. The minimum atomic E-state index is -4.12. The maximum Gasteiger partial charge on any atom is 0.391 e. The van der Waals surface area contributed by atoms with Crippen molar-refractivity contribution in [2.75, 3.05) is 19.6 Å². The van der Waals surface area contributed by atoms with Crippen LogP contribution in [0.2, 0.25) is 0 Å². The van der Waals surface area contributed by atoms with E-state index in [0.717, 1.165) is 0 Å². The zero-order chi connectivity index (χ0) is 14.0. The highest BCUT2D eigenvalue weighted by Gasteiger charge is 2.41. The lowest BCUT2D eigenvalue weighted by molar-refractivity contribution is -0.185. The normalized spacial score (nSPS) is 22.7. The van der Waals surface area contributed by atoms with Crippen LogP contribution in [0.4, 0.5) is 13.2 Å². The van der Waals surface area contributed by atoms with Gasteiger partial charge in [-0.25, -0.2) is 0 Å². The van der Waals surface area contributed by atoms with Crippen LogP contribution in [0.15, 0.2) is 0 Å². The largest absolute Gasteiger partial charge is 0.480 e. The highest BCUT2D eigenvalue weighted by molar-refractivity contribution is 5.77. The number of hydrogen-bond donors (Lipinski definition) is 2. The van der Waals surface area contributed by atoms with Gasteiger partial charge >= 0.3 is 12.1 Å². The summed E-state index contributed by atoms with van der Waals surface area (Å²) < 4.78 is 37.3. The first kappa shape index (κ1) is 15.2. The van der Waals surface area contributed by atoms with Gasteiger partial charge in [-0.3, -0.25) is 4.79 Å². The van der Waals surface area contributed by atoms with Crippen molar-refractivity contribution in [3.8, 4) is 0 Å². The number of hydrogen-bond acceptors (Lipinski definition) is 3. The second-order valence-corrected chi connectivity index (χ2v) is 5.13. The number of nitrogens with zero attached hydrogens (tertiary/aromatic N) is 1. The van der Waals surface area contributed by atoms with Gasteiger partial charge in [-0.2, -0.15) is 13.2 Å². The Hall–Kier alpha value is -0.820. The van der Waals surface area contributed by atoms with Gasteiger partial charge in [-0.15, -0.1) is 0 Å². The van der Waals surface area contributed by atoms with Crippen molar-refractivity contribution < 1.29 is 23.1 Å². The quantitative estimate of drug-likeness (QED) is 0.810. The third-order valence-corrected chi connectivity index (χ3v) is 3.49. The minimum absolute atomic E-state index is 0.0812. The number of piperidine rings is 1. The number of alkyl halides is 3. The summed E-state index contributed by atoms with van der Waals surface area (Å²) in [5, 5.41) is 8.83. The summed E-state index contributed by atoms with van der Waals surface area (Å²) in [5.74, 6) is -2.31. The smallest absolute Gasteiger partial charge is 0.391 e. The zero-order valence-corrected chi connectivity index (χ0v) is 10.3. The van der Waals surface area contributed by atoms with Gasteiger partial charge in [0.15, 0.2) is 0 Å². The van der Waals surface area contributed by atoms with Crippen LogP contribution in [-0.4, -0.2) is 47.3 Å². The fourth-order valence-corrected chi connectivity index (χ4v) is 1.98. The van der Waals surface area contributed by atoms with E-state index in [0.29, 0.717) is 19.6 Å². The zero-order valence-electron chi connectivity index (χ0n) is 10.3. The first-order chi connectivity index (χ1) is 8.13. The number of nitrogens with two attached hydrogens (primary N) is 1. The molecule has 0 aromatic rings. The predicted molar refractivity (Wildman–Crippen MR) is 60.1 cm³/mol. The lowest BCUT2D eigenvalue weighted by atomic mass is 9.94. The van der Waals surface area contributed by atoms with Gasteiger partial charge in [-0.1, -0.05) is 0 Å². The second-order valence-electron chi connectivity index (χ2n) is 5.13. The molecule has 0 radical (unpaired) electrons. The molecule has 0 aromatic carbocycles. The van der Waals surface area contributed by atoms with Crippen LogP contribution in [0.5, 0.6) is 0 Å². The Bertz CT molecular complexity index is 297. The summed E-state index contributed by atoms with van der Waals surface area (Å²) in [6, 6.07) is 0. The van der Waals surface area contributed by atoms with E-state index < -0.39 is 23.6 Å². The molecule has 1 unspecified atom stereocenters. The number of carboxylic acids is 1. The number of likely N-dealkylation sites (tertiary alicyclic amines) is 1. The average molecular weight is 268 g/mol. The van der Waals surface area contributed by atoms with E-state index in [1.165, 1.54) is 6.92 Å². The monoisotopic (exact) mass is 268 g/mol. The van der Waals surface area contributed by atoms with Crippen LogP contribution in [0, 0.1) is 5.92 Å². The Kier molecular flexibility index (Phi) is 4.61. The standard InChI is InChI=1S/C11H19F3N2O2/c1-10(15,9(17)18)4-7-16-5-2-8(3-6-16)11(12,13)14/h8H,2-7,15H2,1H3,(H,17,18). The molecule has 18 heavy (non-hydrogen) atoms. The molecular formula is C11H19F3N2O2. The summed E-state index contributed by atoms with van der Waals surface area (Å²) >= 11 is 0. The Balaban J connectivity index is 2.35. The molecule has 7 heteroatoms. The summed E-state index contributed by atoms with van der Waals surface area (Å²) in [6.45, 7) is 2.53. The fraction of sp³-hybridized carbons (Fsp3) is 0.909. The lowest BCUT2D eigenvalue weighted by Gasteiger charge is -2.34. The molecule has 106 valence electrons. The molecule has 1 rings (SSSR count). The molecule has 0 bridgehead atoms. The number of carboxylic acid groups (broad SMARTS) is 1. The SMILES string of the molecule is CC(N)(CCN1CCC(C(F)(F)F)CC1)C(=O)O. The van der Waals surface area contributed by atoms with Gasteiger partial charge in [0.1, 0.15) is 5.54 Å². The first-order valence-electron chi connectivity index (χ1n) is 5.94. The molecular weight excluding hydrogens is 249 g/mol. The number of carbonyl (C=O) groups is 1. The van der Waals surface area contributed by atoms with Crippen molar-refractivity contribution in [3.63, 3.8) is 0 Å². The molecule has 0 amide bonds. The maximum atomic E-state index is 12.4. The van der Waals surface area contributed by atoms with Gasteiger partial charge in [0.25, 0.3) is 0 Å². The third-order valence-electron chi connectivity index (χ3n) is 3.49. The molecule has 1 aliphatic rings. The molecule has 1 saturated heterocycles. The topological polar surface area (TPSA) is 66.6 Å². The van der Waals surface area contributed by atoms with E-state index >= 15 is 0 Å². The summed E-state index contributed by atoms with van der Waals surface area (Å²) in [5.41, 5.74) is 4.25.